The number of nitrogens with zero attached hydrogens (tertiary/aromatic N) is 1. The Bertz CT molecular complexity index is 951. The highest BCUT2D eigenvalue weighted by Gasteiger charge is 2.29. The smallest absolute Gasteiger partial charge is 0.187 e. The molecule has 0 fully saturated rings. The van der Waals surface area contributed by atoms with Gasteiger partial charge in [-0.2, -0.15) is 5.26 Å². The molecule has 0 spiro atoms. The standard InChI is InChI=1S/C22H22N2O3/c1-22(2)12-16-9-20(26-3)21(27-4)10-17(16)18(24-22)11-19(25)15-7-5-14(13-23)6-8-15/h5-11,24H,12H2,1-4H3/b18-11-. The number of methoxy groups -OCH3 is 2. The predicted molar refractivity (Wildman–Crippen MR) is 104 cm³/mol. The zero-order valence-electron chi connectivity index (χ0n) is 15.9. The van der Waals surface area contributed by atoms with Crippen molar-refractivity contribution in [2.45, 2.75) is 25.8 Å². The van der Waals surface area contributed by atoms with Crippen LogP contribution < -0.4 is 14.8 Å². The van der Waals surface area contributed by atoms with Gasteiger partial charge in [-0.05, 0) is 62.2 Å². The summed E-state index contributed by atoms with van der Waals surface area (Å²) in [6.07, 6.45) is 2.40. The summed E-state index contributed by atoms with van der Waals surface area (Å²) in [4.78, 5) is 12.8. The maximum absolute atomic E-state index is 12.8. The summed E-state index contributed by atoms with van der Waals surface area (Å²) >= 11 is 0. The predicted octanol–water partition coefficient (Wildman–Crippen LogP) is 3.72. The van der Waals surface area contributed by atoms with E-state index in [1.54, 1.807) is 44.6 Å². The minimum atomic E-state index is -0.205. The van der Waals surface area contributed by atoms with Crippen LogP contribution >= 0.6 is 0 Å². The van der Waals surface area contributed by atoms with Crippen LogP contribution in [-0.2, 0) is 6.42 Å². The number of carbonyl (C=O) groups excluding carboxylic acids is 1. The molecule has 0 saturated heterocycles. The molecule has 0 atom stereocenters. The maximum Gasteiger partial charge on any atom is 0.187 e. The van der Waals surface area contributed by atoms with Gasteiger partial charge >= 0.3 is 0 Å². The topological polar surface area (TPSA) is 71.3 Å². The van der Waals surface area contributed by atoms with Crippen molar-refractivity contribution in [2.75, 3.05) is 14.2 Å². The molecular weight excluding hydrogens is 340 g/mol. The van der Waals surface area contributed by atoms with E-state index in [9.17, 15) is 4.79 Å². The van der Waals surface area contributed by atoms with E-state index in [2.05, 4.69) is 25.2 Å². The quantitative estimate of drug-likeness (QED) is 0.663. The number of rotatable bonds is 4. The molecule has 1 N–H and O–H groups in total. The summed E-state index contributed by atoms with van der Waals surface area (Å²) in [6, 6.07) is 12.5. The second kappa shape index (κ2) is 7.16. The van der Waals surface area contributed by atoms with Gasteiger partial charge in [-0.3, -0.25) is 4.79 Å². The number of ether oxygens (including phenoxy) is 2. The van der Waals surface area contributed by atoms with Crippen molar-refractivity contribution in [2.24, 2.45) is 0 Å². The first-order chi connectivity index (χ1) is 12.9. The first-order valence-electron chi connectivity index (χ1n) is 8.66. The molecule has 0 unspecified atom stereocenters. The second-order valence-corrected chi connectivity index (χ2v) is 7.16. The lowest BCUT2D eigenvalue weighted by Crippen LogP contribution is -2.43. The number of hydrogen-bond acceptors (Lipinski definition) is 5. The fourth-order valence-electron chi connectivity index (χ4n) is 3.31. The zero-order valence-corrected chi connectivity index (χ0v) is 15.9. The van der Waals surface area contributed by atoms with E-state index in [-0.39, 0.29) is 11.3 Å². The maximum atomic E-state index is 12.8. The van der Waals surface area contributed by atoms with Crippen LogP contribution in [0.4, 0.5) is 0 Å². The van der Waals surface area contributed by atoms with Gasteiger partial charge in [0.2, 0.25) is 0 Å². The SMILES string of the molecule is COc1cc2c(cc1OC)/C(=C/C(=O)c1ccc(C#N)cc1)NC(C)(C)C2. The molecule has 0 saturated carbocycles. The van der Waals surface area contributed by atoms with Crippen molar-refractivity contribution >= 4 is 11.5 Å². The molecular formula is C22H22N2O3. The molecule has 5 heteroatoms. The number of allylic oxidation sites excluding steroid dienone is 1. The summed E-state index contributed by atoms with van der Waals surface area (Å²) in [7, 11) is 3.21. The molecule has 3 rings (SSSR count). The van der Waals surface area contributed by atoms with Gasteiger partial charge in [-0.1, -0.05) is 0 Å². The van der Waals surface area contributed by atoms with Crippen LogP contribution in [0.15, 0.2) is 42.5 Å². The minimum absolute atomic E-state index is 0.125. The molecule has 2 aromatic carbocycles. The van der Waals surface area contributed by atoms with Gasteiger partial charge in [0.25, 0.3) is 0 Å². The average molecular weight is 362 g/mol. The van der Waals surface area contributed by atoms with Crippen LogP contribution in [0.5, 0.6) is 11.5 Å². The van der Waals surface area contributed by atoms with Crippen LogP contribution in [0.3, 0.4) is 0 Å². The van der Waals surface area contributed by atoms with Gasteiger partial charge in [0.05, 0.1) is 25.9 Å². The number of carbonyl (C=O) groups is 1. The molecule has 1 aliphatic rings. The van der Waals surface area contributed by atoms with Crippen molar-refractivity contribution in [1.82, 2.24) is 5.32 Å². The Hall–Kier alpha value is -3.26. The van der Waals surface area contributed by atoms with Gasteiger partial charge in [0, 0.05) is 28.4 Å². The lowest BCUT2D eigenvalue weighted by molar-refractivity contribution is 0.104. The van der Waals surface area contributed by atoms with Gasteiger partial charge in [-0.25, -0.2) is 0 Å². The highest BCUT2D eigenvalue weighted by Crippen LogP contribution is 2.38. The Morgan fingerprint density at radius 2 is 1.78 bits per heavy atom. The van der Waals surface area contributed by atoms with Gasteiger partial charge in [-0.15, -0.1) is 0 Å². The lowest BCUT2D eigenvalue weighted by Gasteiger charge is -2.36. The van der Waals surface area contributed by atoms with E-state index in [0.717, 1.165) is 23.2 Å². The van der Waals surface area contributed by atoms with Crippen molar-refractivity contribution in [3.8, 4) is 17.6 Å². The Labute approximate surface area is 159 Å². The molecule has 1 aliphatic heterocycles. The molecule has 0 aromatic heterocycles. The van der Waals surface area contributed by atoms with Crippen molar-refractivity contribution < 1.29 is 14.3 Å². The second-order valence-electron chi connectivity index (χ2n) is 7.16. The third kappa shape index (κ3) is 3.80. The Morgan fingerprint density at radius 1 is 1.15 bits per heavy atom. The molecule has 2 aromatic rings. The highest BCUT2D eigenvalue weighted by molar-refractivity contribution is 6.08. The van der Waals surface area contributed by atoms with Crippen LogP contribution in [0, 0.1) is 11.3 Å². The van der Waals surface area contributed by atoms with Crippen LogP contribution in [-0.4, -0.2) is 25.5 Å². The number of fused-ring (bicyclic) bond motifs is 1. The normalized spacial score (nSPS) is 16.0. The number of benzene rings is 2. The highest BCUT2D eigenvalue weighted by atomic mass is 16.5. The Morgan fingerprint density at radius 3 is 2.37 bits per heavy atom. The van der Waals surface area contributed by atoms with Crippen molar-refractivity contribution in [3.63, 3.8) is 0 Å². The molecule has 0 bridgehead atoms. The molecule has 27 heavy (non-hydrogen) atoms. The fourth-order valence-corrected chi connectivity index (χ4v) is 3.31. The largest absolute Gasteiger partial charge is 0.493 e. The first-order valence-corrected chi connectivity index (χ1v) is 8.66. The molecule has 5 nitrogen and oxygen atoms in total. The fraction of sp³-hybridized carbons (Fsp3) is 0.273. The van der Waals surface area contributed by atoms with Crippen molar-refractivity contribution in [3.05, 3.63) is 64.7 Å². The van der Waals surface area contributed by atoms with Gasteiger partial charge in [0.1, 0.15) is 0 Å². The molecule has 0 amide bonds. The molecule has 1 heterocycles. The number of ketones is 1. The van der Waals surface area contributed by atoms with E-state index in [1.165, 1.54) is 0 Å². The van der Waals surface area contributed by atoms with Gasteiger partial charge < -0.3 is 14.8 Å². The lowest BCUT2D eigenvalue weighted by atomic mass is 9.85. The summed E-state index contributed by atoms with van der Waals surface area (Å²) < 4.78 is 10.8. The van der Waals surface area contributed by atoms with E-state index in [4.69, 9.17) is 14.7 Å². The number of nitriles is 1. The summed E-state index contributed by atoms with van der Waals surface area (Å²) in [5, 5.41) is 12.4. The molecule has 0 radical (unpaired) electrons. The zero-order chi connectivity index (χ0) is 19.6. The van der Waals surface area contributed by atoms with Crippen LogP contribution in [0.2, 0.25) is 0 Å². The molecule has 138 valence electrons. The first kappa shape index (κ1) is 18.5. The van der Waals surface area contributed by atoms with E-state index >= 15 is 0 Å². The Balaban J connectivity index is 2.05. The summed E-state index contributed by atoms with van der Waals surface area (Å²) in [5.41, 5.74) is 3.62. The summed E-state index contributed by atoms with van der Waals surface area (Å²) in [5.74, 6) is 1.17. The third-order valence-electron chi connectivity index (χ3n) is 4.58. The van der Waals surface area contributed by atoms with Crippen LogP contribution in [0.25, 0.3) is 5.70 Å². The van der Waals surface area contributed by atoms with Crippen LogP contribution in [0.1, 0.15) is 40.9 Å². The van der Waals surface area contributed by atoms with Crippen molar-refractivity contribution in [1.29, 1.82) is 5.26 Å². The number of hydrogen-bond donors (Lipinski definition) is 1. The summed E-state index contributed by atoms with van der Waals surface area (Å²) in [6.45, 7) is 4.18. The minimum Gasteiger partial charge on any atom is -0.493 e. The third-order valence-corrected chi connectivity index (χ3v) is 4.58. The molecule has 0 aliphatic carbocycles. The number of nitrogens with one attached hydrogen (secondary N) is 1. The van der Waals surface area contributed by atoms with E-state index in [1.807, 2.05) is 12.1 Å². The monoisotopic (exact) mass is 362 g/mol. The van der Waals surface area contributed by atoms with E-state index in [0.29, 0.717) is 22.6 Å². The van der Waals surface area contributed by atoms with Gasteiger partial charge in [0.15, 0.2) is 17.3 Å². The Kier molecular flexibility index (Phi) is 4.91. The average Bonchev–Trinajstić information content (AvgIpc) is 2.66. The van der Waals surface area contributed by atoms with E-state index < -0.39 is 0 Å².